The number of nitrogens with zero attached hydrogens (tertiary/aromatic N) is 1. The zero-order valence-electron chi connectivity index (χ0n) is 8.72. The summed E-state index contributed by atoms with van der Waals surface area (Å²) in [5.74, 6) is 0. The Balaban J connectivity index is 2.88. The van der Waals surface area contributed by atoms with Gasteiger partial charge in [-0.2, -0.15) is 0 Å². The van der Waals surface area contributed by atoms with Crippen molar-refractivity contribution in [3.05, 3.63) is 43.0 Å². The van der Waals surface area contributed by atoms with Gasteiger partial charge in [-0.15, -0.1) is 6.58 Å². The molecule has 0 spiro atoms. The first-order valence-electron chi connectivity index (χ1n) is 4.70. The molecular weight excluding hydrogens is 206 g/mol. The number of imide groups is 1. The molecule has 0 atom stereocenters. The summed E-state index contributed by atoms with van der Waals surface area (Å²) in [5.41, 5.74) is 5.57. The van der Waals surface area contributed by atoms with Crippen LogP contribution in [0.1, 0.15) is 0 Å². The molecule has 4 amide bonds. The van der Waals surface area contributed by atoms with Crippen LogP contribution >= 0.6 is 0 Å². The zero-order chi connectivity index (χ0) is 12.0. The summed E-state index contributed by atoms with van der Waals surface area (Å²) in [6, 6.07) is 7.06. The van der Waals surface area contributed by atoms with Gasteiger partial charge in [0.05, 0.1) is 5.69 Å². The van der Waals surface area contributed by atoms with E-state index in [0.29, 0.717) is 5.69 Å². The van der Waals surface area contributed by atoms with E-state index in [1.807, 2.05) is 0 Å². The van der Waals surface area contributed by atoms with E-state index in [1.165, 1.54) is 6.08 Å². The third kappa shape index (κ3) is 2.84. The number of amides is 4. The summed E-state index contributed by atoms with van der Waals surface area (Å²) < 4.78 is 0. The van der Waals surface area contributed by atoms with Gasteiger partial charge in [0.25, 0.3) is 0 Å². The van der Waals surface area contributed by atoms with Crippen LogP contribution in [0.3, 0.4) is 0 Å². The SMILES string of the molecule is C=CCNC(=O)N(C(N)=O)c1ccccc1. The summed E-state index contributed by atoms with van der Waals surface area (Å²) in [6.07, 6.45) is 1.52. The molecule has 0 radical (unpaired) electrons. The molecule has 1 aromatic carbocycles. The van der Waals surface area contributed by atoms with Crippen LogP contribution in [-0.4, -0.2) is 18.6 Å². The van der Waals surface area contributed by atoms with Crippen LogP contribution in [0, 0.1) is 0 Å². The molecule has 5 heteroatoms. The molecule has 0 heterocycles. The largest absolute Gasteiger partial charge is 0.351 e. The van der Waals surface area contributed by atoms with Crippen molar-refractivity contribution in [2.45, 2.75) is 0 Å². The first-order valence-corrected chi connectivity index (χ1v) is 4.70. The van der Waals surface area contributed by atoms with Crippen molar-refractivity contribution >= 4 is 17.7 Å². The fourth-order valence-electron chi connectivity index (χ4n) is 1.16. The number of rotatable bonds is 3. The van der Waals surface area contributed by atoms with Crippen LogP contribution < -0.4 is 16.0 Å². The molecule has 0 aliphatic rings. The van der Waals surface area contributed by atoms with Gasteiger partial charge in [0.1, 0.15) is 0 Å². The summed E-state index contributed by atoms with van der Waals surface area (Å²) >= 11 is 0. The Morgan fingerprint density at radius 3 is 2.50 bits per heavy atom. The van der Waals surface area contributed by atoms with Crippen molar-refractivity contribution in [1.82, 2.24) is 5.32 Å². The molecule has 0 aromatic heterocycles. The average molecular weight is 219 g/mol. The smallest absolute Gasteiger partial charge is 0.330 e. The van der Waals surface area contributed by atoms with Crippen LogP contribution in [-0.2, 0) is 0 Å². The van der Waals surface area contributed by atoms with E-state index in [-0.39, 0.29) is 6.54 Å². The van der Waals surface area contributed by atoms with Gasteiger partial charge in [-0.1, -0.05) is 24.3 Å². The van der Waals surface area contributed by atoms with E-state index < -0.39 is 12.1 Å². The number of anilines is 1. The quantitative estimate of drug-likeness (QED) is 0.755. The Bertz CT molecular complexity index is 389. The number of nitrogens with one attached hydrogen (secondary N) is 1. The number of nitrogens with two attached hydrogens (primary N) is 1. The fourth-order valence-corrected chi connectivity index (χ4v) is 1.16. The highest BCUT2D eigenvalue weighted by Crippen LogP contribution is 2.12. The fraction of sp³-hybridized carbons (Fsp3) is 0.0909. The molecule has 0 aliphatic carbocycles. The third-order valence-corrected chi connectivity index (χ3v) is 1.84. The standard InChI is InChI=1S/C11H13N3O2/c1-2-8-13-11(16)14(10(12)15)9-6-4-3-5-7-9/h2-7H,1,8H2,(H2,12,15)(H,13,16). The second kappa shape index (κ2) is 5.55. The molecule has 0 unspecified atom stereocenters. The molecule has 0 aliphatic heterocycles. The van der Waals surface area contributed by atoms with E-state index in [0.717, 1.165) is 4.90 Å². The van der Waals surface area contributed by atoms with E-state index in [4.69, 9.17) is 5.73 Å². The first kappa shape index (κ1) is 11.8. The number of urea groups is 2. The van der Waals surface area contributed by atoms with E-state index in [1.54, 1.807) is 30.3 Å². The van der Waals surface area contributed by atoms with Crippen molar-refractivity contribution in [3.63, 3.8) is 0 Å². The zero-order valence-corrected chi connectivity index (χ0v) is 8.72. The van der Waals surface area contributed by atoms with Crippen molar-refractivity contribution in [3.8, 4) is 0 Å². The minimum absolute atomic E-state index is 0.273. The van der Waals surface area contributed by atoms with Crippen LogP contribution in [0.4, 0.5) is 15.3 Å². The summed E-state index contributed by atoms with van der Waals surface area (Å²) in [5, 5.41) is 2.48. The normalized spacial score (nSPS) is 9.25. The Kier molecular flexibility index (Phi) is 4.08. The van der Waals surface area contributed by atoms with Gasteiger partial charge in [-0.25, -0.2) is 14.5 Å². The number of benzene rings is 1. The van der Waals surface area contributed by atoms with Gasteiger partial charge in [0.2, 0.25) is 0 Å². The molecule has 0 fully saturated rings. The lowest BCUT2D eigenvalue weighted by Gasteiger charge is -2.18. The lowest BCUT2D eigenvalue weighted by atomic mass is 10.3. The maximum absolute atomic E-state index is 11.6. The van der Waals surface area contributed by atoms with Crippen molar-refractivity contribution in [2.75, 3.05) is 11.4 Å². The van der Waals surface area contributed by atoms with E-state index >= 15 is 0 Å². The number of hydrogen-bond acceptors (Lipinski definition) is 2. The molecule has 5 nitrogen and oxygen atoms in total. The molecule has 0 saturated heterocycles. The average Bonchev–Trinajstić information content (AvgIpc) is 2.27. The summed E-state index contributed by atoms with van der Waals surface area (Å²) in [6.45, 7) is 3.73. The van der Waals surface area contributed by atoms with E-state index in [9.17, 15) is 9.59 Å². The third-order valence-electron chi connectivity index (χ3n) is 1.84. The van der Waals surface area contributed by atoms with Gasteiger partial charge in [-0.05, 0) is 12.1 Å². The number of primary amides is 1. The predicted octanol–water partition coefficient (Wildman–Crippen LogP) is 1.47. The van der Waals surface area contributed by atoms with Gasteiger partial charge in [0.15, 0.2) is 0 Å². The number of carbonyl (C=O) groups is 2. The Morgan fingerprint density at radius 1 is 1.38 bits per heavy atom. The van der Waals surface area contributed by atoms with Crippen LogP contribution in [0.2, 0.25) is 0 Å². The Hall–Kier alpha value is -2.30. The second-order valence-electron chi connectivity index (χ2n) is 2.98. The van der Waals surface area contributed by atoms with Crippen LogP contribution in [0.25, 0.3) is 0 Å². The van der Waals surface area contributed by atoms with Crippen molar-refractivity contribution in [2.24, 2.45) is 5.73 Å². The molecule has 0 bridgehead atoms. The topological polar surface area (TPSA) is 75.4 Å². The van der Waals surface area contributed by atoms with Gasteiger partial charge in [-0.3, -0.25) is 0 Å². The Morgan fingerprint density at radius 2 is 2.00 bits per heavy atom. The minimum Gasteiger partial charge on any atom is -0.351 e. The maximum atomic E-state index is 11.6. The lowest BCUT2D eigenvalue weighted by molar-refractivity contribution is 0.239. The van der Waals surface area contributed by atoms with Gasteiger partial charge < -0.3 is 11.1 Å². The molecular formula is C11H13N3O2. The summed E-state index contributed by atoms with van der Waals surface area (Å²) in [4.78, 5) is 23.6. The monoisotopic (exact) mass is 219 g/mol. The Labute approximate surface area is 93.5 Å². The maximum Gasteiger partial charge on any atom is 0.330 e. The second-order valence-corrected chi connectivity index (χ2v) is 2.98. The molecule has 1 rings (SSSR count). The van der Waals surface area contributed by atoms with Crippen molar-refractivity contribution in [1.29, 1.82) is 0 Å². The lowest BCUT2D eigenvalue weighted by Crippen LogP contribution is -2.46. The van der Waals surface area contributed by atoms with Crippen LogP contribution in [0.5, 0.6) is 0 Å². The molecule has 16 heavy (non-hydrogen) atoms. The molecule has 0 saturated carbocycles. The number of para-hydroxylation sites is 1. The summed E-state index contributed by atoms with van der Waals surface area (Å²) in [7, 11) is 0. The van der Waals surface area contributed by atoms with Gasteiger partial charge in [0, 0.05) is 6.54 Å². The van der Waals surface area contributed by atoms with Gasteiger partial charge >= 0.3 is 12.1 Å². The van der Waals surface area contributed by atoms with Crippen molar-refractivity contribution < 1.29 is 9.59 Å². The number of carbonyl (C=O) groups excluding carboxylic acids is 2. The van der Waals surface area contributed by atoms with Crippen LogP contribution in [0.15, 0.2) is 43.0 Å². The highest BCUT2D eigenvalue weighted by molar-refractivity contribution is 6.12. The first-order chi connectivity index (χ1) is 7.66. The highest BCUT2D eigenvalue weighted by atomic mass is 16.2. The molecule has 1 aromatic rings. The van der Waals surface area contributed by atoms with E-state index in [2.05, 4.69) is 11.9 Å². The molecule has 3 N–H and O–H groups in total. The predicted molar refractivity (Wildman–Crippen MR) is 62.1 cm³/mol. The molecule has 84 valence electrons. The highest BCUT2D eigenvalue weighted by Gasteiger charge is 2.19. The minimum atomic E-state index is -0.826. The number of hydrogen-bond donors (Lipinski definition) is 2.